The molecule has 0 saturated carbocycles. The number of hydrogen-bond donors (Lipinski definition) is 1. The molecule has 10 heteroatoms. The maximum Gasteiger partial charge on any atom is 0.341 e. The molecule has 0 fully saturated rings. The van der Waals surface area contributed by atoms with E-state index < -0.39 is 11.9 Å². The van der Waals surface area contributed by atoms with Crippen LogP contribution in [0.25, 0.3) is 11.4 Å². The van der Waals surface area contributed by atoms with Gasteiger partial charge in [-0.1, -0.05) is 6.92 Å². The molecular formula is C19H20FN5O3S. The average Bonchev–Trinajstić information content (AvgIpc) is 3.26. The Kier molecular flexibility index (Phi) is 6.32. The van der Waals surface area contributed by atoms with E-state index in [0.29, 0.717) is 22.5 Å². The molecule has 3 aromatic rings. The zero-order chi connectivity index (χ0) is 21.0. The first-order chi connectivity index (χ1) is 13.9. The maximum absolute atomic E-state index is 13.0. The van der Waals surface area contributed by atoms with E-state index >= 15 is 0 Å². The van der Waals surface area contributed by atoms with Crippen molar-refractivity contribution in [2.45, 2.75) is 33.7 Å². The van der Waals surface area contributed by atoms with E-state index in [1.54, 1.807) is 6.92 Å². The van der Waals surface area contributed by atoms with Gasteiger partial charge >= 0.3 is 5.97 Å². The van der Waals surface area contributed by atoms with Crippen molar-refractivity contribution in [2.24, 2.45) is 0 Å². The Labute approximate surface area is 170 Å². The summed E-state index contributed by atoms with van der Waals surface area (Å²) in [5.41, 5.74) is 1.84. The van der Waals surface area contributed by atoms with Gasteiger partial charge in [0, 0.05) is 10.4 Å². The van der Waals surface area contributed by atoms with Crippen LogP contribution in [0.3, 0.4) is 0 Å². The Balaban J connectivity index is 1.75. The second kappa shape index (κ2) is 8.91. The Morgan fingerprint density at radius 1 is 1.24 bits per heavy atom. The quantitative estimate of drug-likeness (QED) is 0.593. The lowest BCUT2D eigenvalue weighted by molar-refractivity contribution is -0.117. The number of anilines is 1. The molecule has 2 heterocycles. The van der Waals surface area contributed by atoms with Gasteiger partial charge < -0.3 is 10.1 Å². The van der Waals surface area contributed by atoms with E-state index in [2.05, 4.69) is 20.7 Å². The summed E-state index contributed by atoms with van der Waals surface area (Å²) in [6.07, 6.45) is 0.651. The van der Waals surface area contributed by atoms with E-state index in [0.717, 1.165) is 15.2 Å². The van der Waals surface area contributed by atoms with E-state index in [1.165, 1.54) is 35.6 Å². The molecule has 0 atom stereocenters. The van der Waals surface area contributed by atoms with Crippen LogP contribution >= 0.6 is 11.3 Å². The van der Waals surface area contributed by atoms with Gasteiger partial charge in [0.05, 0.1) is 12.2 Å². The highest BCUT2D eigenvalue weighted by molar-refractivity contribution is 7.16. The number of benzene rings is 1. The molecule has 1 amide bonds. The van der Waals surface area contributed by atoms with E-state index in [-0.39, 0.29) is 24.8 Å². The number of halogens is 1. The number of rotatable bonds is 7. The van der Waals surface area contributed by atoms with Crippen molar-refractivity contribution < 1.29 is 18.7 Å². The maximum atomic E-state index is 13.0. The molecule has 8 nitrogen and oxygen atoms in total. The zero-order valence-corrected chi connectivity index (χ0v) is 17.0. The summed E-state index contributed by atoms with van der Waals surface area (Å²) in [5.74, 6) is -0.940. The molecule has 1 N–H and O–H groups in total. The molecule has 3 rings (SSSR count). The minimum atomic E-state index is -0.457. The minimum absolute atomic E-state index is 0.186. The van der Waals surface area contributed by atoms with Crippen LogP contribution in [-0.2, 0) is 22.5 Å². The van der Waals surface area contributed by atoms with Crippen LogP contribution in [0.2, 0.25) is 0 Å². The smallest absolute Gasteiger partial charge is 0.341 e. The molecule has 29 heavy (non-hydrogen) atoms. The number of nitrogens with one attached hydrogen (secondary N) is 1. The van der Waals surface area contributed by atoms with Crippen molar-refractivity contribution in [3.05, 3.63) is 46.1 Å². The lowest BCUT2D eigenvalue weighted by atomic mass is 10.1. The van der Waals surface area contributed by atoms with Gasteiger partial charge in [0.1, 0.15) is 17.4 Å². The first-order valence-electron chi connectivity index (χ1n) is 9.05. The van der Waals surface area contributed by atoms with Crippen LogP contribution in [0.4, 0.5) is 9.39 Å². The third kappa shape index (κ3) is 4.65. The fourth-order valence-corrected chi connectivity index (χ4v) is 3.98. The number of aryl methyl sites for hydroxylation is 1. The van der Waals surface area contributed by atoms with Crippen LogP contribution in [0.1, 0.15) is 34.6 Å². The molecule has 0 bridgehead atoms. The highest BCUT2D eigenvalue weighted by Crippen LogP contribution is 2.34. The van der Waals surface area contributed by atoms with Gasteiger partial charge in [0.25, 0.3) is 0 Å². The SMILES string of the molecule is CCOC(=O)c1c(NC(=O)Cn2nnc(-c3ccc(F)cc3)n2)sc(C)c1CC. The number of hydrogen-bond acceptors (Lipinski definition) is 7. The number of nitrogens with zero attached hydrogens (tertiary/aromatic N) is 4. The van der Waals surface area contributed by atoms with Crippen molar-refractivity contribution in [3.63, 3.8) is 0 Å². The second-order valence-corrected chi connectivity index (χ2v) is 7.34. The van der Waals surface area contributed by atoms with Gasteiger partial charge in [0.15, 0.2) is 0 Å². The van der Waals surface area contributed by atoms with Crippen LogP contribution < -0.4 is 5.32 Å². The monoisotopic (exact) mass is 417 g/mol. The molecule has 1 aromatic carbocycles. The zero-order valence-electron chi connectivity index (χ0n) is 16.2. The number of thiophene rings is 1. The number of esters is 1. The van der Waals surface area contributed by atoms with Crippen molar-refractivity contribution >= 4 is 28.2 Å². The summed E-state index contributed by atoms with van der Waals surface area (Å²) in [4.78, 5) is 26.9. The van der Waals surface area contributed by atoms with Crippen LogP contribution in [-0.4, -0.2) is 38.7 Å². The predicted molar refractivity (Wildman–Crippen MR) is 106 cm³/mol. The van der Waals surface area contributed by atoms with Crippen LogP contribution in [0.5, 0.6) is 0 Å². The highest BCUT2D eigenvalue weighted by Gasteiger charge is 2.23. The molecule has 0 aliphatic heterocycles. The Morgan fingerprint density at radius 3 is 2.62 bits per heavy atom. The van der Waals surface area contributed by atoms with E-state index in [9.17, 15) is 14.0 Å². The molecule has 0 spiro atoms. The molecule has 2 aromatic heterocycles. The van der Waals surface area contributed by atoms with Crippen molar-refractivity contribution in [1.82, 2.24) is 20.2 Å². The second-order valence-electron chi connectivity index (χ2n) is 6.11. The Morgan fingerprint density at radius 2 is 1.97 bits per heavy atom. The number of tetrazole rings is 1. The predicted octanol–water partition coefficient (Wildman–Crippen LogP) is 3.23. The molecule has 152 valence electrons. The number of aromatic nitrogens is 4. The summed E-state index contributed by atoms with van der Waals surface area (Å²) in [6.45, 7) is 5.64. The molecule has 0 saturated heterocycles. The van der Waals surface area contributed by atoms with Gasteiger partial charge in [0.2, 0.25) is 11.7 Å². The van der Waals surface area contributed by atoms with Crippen molar-refractivity contribution in [2.75, 3.05) is 11.9 Å². The summed E-state index contributed by atoms with van der Waals surface area (Å²) in [6, 6.07) is 5.65. The Bertz CT molecular complexity index is 1030. The number of amides is 1. The normalized spacial score (nSPS) is 10.8. The van der Waals surface area contributed by atoms with Crippen molar-refractivity contribution in [1.29, 1.82) is 0 Å². The molecular weight excluding hydrogens is 397 g/mol. The number of carbonyl (C=O) groups is 2. The Hall–Kier alpha value is -3.14. The van der Waals surface area contributed by atoms with E-state index in [1.807, 2.05) is 13.8 Å². The van der Waals surface area contributed by atoms with Gasteiger partial charge in [-0.05, 0) is 55.3 Å². The largest absolute Gasteiger partial charge is 0.462 e. The summed E-state index contributed by atoms with van der Waals surface area (Å²) < 4.78 is 18.2. The lowest BCUT2D eigenvalue weighted by Crippen LogP contribution is -2.21. The minimum Gasteiger partial charge on any atom is -0.462 e. The molecule has 0 radical (unpaired) electrons. The third-order valence-electron chi connectivity index (χ3n) is 4.14. The van der Waals surface area contributed by atoms with Crippen LogP contribution in [0, 0.1) is 12.7 Å². The molecule has 0 aliphatic rings. The van der Waals surface area contributed by atoms with Gasteiger partial charge in [-0.15, -0.1) is 21.5 Å². The highest BCUT2D eigenvalue weighted by atomic mass is 32.1. The van der Waals surface area contributed by atoms with Crippen molar-refractivity contribution in [3.8, 4) is 11.4 Å². The fourth-order valence-electron chi connectivity index (χ4n) is 2.83. The number of carbonyl (C=O) groups excluding carboxylic acids is 2. The number of ether oxygens (including phenoxy) is 1. The fraction of sp³-hybridized carbons (Fsp3) is 0.316. The summed E-state index contributed by atoms with van der Waals surface area (Å²) in [5, 5.41) is 15.1. The van der Waals surface area contributed by atoms with Gasteiger partial charge in [-0.25, -0.2) is 9.18 Å². The summed E-state index contributed by atoms with van der Waals surface area (Å²) in [7, 11) is 0. The van der Waals surface area contributed by atoms with Gasteiger partial charge in [-0.2, -0.15) is 4.80 Å². The van der Waals surface area contributed by atoms with Crippen LogP contribution in [0.15, 0.2) is 24.3 Å². The third-order valence-corrected chi connectivity index (χ3v) is 5.20. The van der Waals surface area contributed by atoms with E-state index in [4.69, 9.17) is 4.74 Å². The average molecular weight is 417 g/mol. The lowest BCUT2D eigenvalue weighted by Gasteiger charge is -2.07. The molecule has 0 aliphatic carbocycles. The first-order valence-corrected chi connectivity index (χ1v) is 9.87. The molecule has 0 unspecified atom stereocenters. The topological polar surface area (TPSA) is 99.0 Å². The standard InChI is InChI=1S/C19H20FN5O3S/c1-4-14-11(3)29-18(16(14)19(27)28-5-2)21-15(26)10-25-23-17(22-24-25)12-6-8-13(20)9-7-12/h6-9H,4-5,10H2,1-3H3,(H,21,26). The summed E-state index contributed by atoms with van der Waals surface area (Å²) >= 11 is 1.33. The first kappa shape index (κ1) is 20.6. The van der Waals surface area contributed by atoms with Gasteiger partial charge in [-0.3, -0.25) is 4.79 Å².